The largest absolute Gasteiger partial charge is 0.484 e. The zero-order valence-electron chi connectivity index (χ0n) is 16.5. The number of hydrogen-bond acceptors (Lipinski definition) is 5. The summed E-state index contributed by atoms with van der Waals surface area (Å²) in [6.07, 6.45) is 1.12. The minimum Gasteiger partial charge on any atom is -0.484 e. The van der Waals surface area contributed by atoms with Crippen LogP contribution >= 0.6 is 0 Å². The molecule has 9 heteroatoms. The van der Waals surface area contributed by atoms with Gasteiger partial charge in [-0.2, -0.15) is 0 Å². The maximum atomic E-state index is 12.4. The molecule has 8 nitrogen and oxygen atoms in total. The summed E-state index contributed by atoms with van der Waals surface area (Å²) < 4.78 is 32.9. The van der Waals surface area contributed by atoms with Crippen molar-refractivity contribution in [1.82, 2.24) is 9.62 Å². The Balaban J connectivity index is 1.49. The Bertz CT molecular complexity index is 969. The van der Waals surface area contributed by atoms with Crippen LogP contribution in [0, 0.1) is 5.92 Å². The van der Waals surface area contributed by atoms with E-state index in [-0.39, 0.29) is 35.8 Å². The molecule has 2 amide bonds. The maximum absolute atomic E-state index is 12.4. The molecule has 0 aliphatic carbocycles. The summed E-state index contributed by atoms with van der Waals surface area (Å²) in [7, 11) is -3.65. The first-order valence-electron chi connectivity index (χ1n) is 9.69. The second-order valence-electron chi connectivity index (χ2n) is 7.13. The van der Waals surface area contributed by atoms with Crippen LogP contribution in [-0.4, -0.2) is 44.8 Å². The SMILES string of the molecule is NC(=O)C1CCN(C(=O)COc2ccc(S(=O)(=O)NCc3ccccc3)cc2)CC1. The van der Waals surface area contributed by atoms with Gasteiger partial charge in [0.1, 0.15) is 5.75 Å². The Labute approximate surface area is 176 Å². The number of sulfonamides is 1. The van der Waals surface area contributed by atoms with Gasteiger partial charge in [0.15, 0.2) is 6.61 Å². The first-order chi connectivity index (χ1) is 14.3. The molecule has 2 aromatic rings. The number of amides is 2. The van der Waals surface area contributed by atoms with Gasteiger partial charge in [-0.25, -0.2) is 13.1 Å². The lowest BCUT2D eigenvalue weighted by Crippen LogP contribution is -2.43. The topological polar surface area (TPSA) is 119 Å². The van der Waals surface area contributed by atoms with E-state index in [0.29, 0.717) is 31.7 Å². The second-order valence-corrected chi connectivity index (χ2v) is 8.89. The molecule has 30 heavy (non-hydrogen) atoms. The molecule has 3 rings (SSSR count). The number of rotatable bonds is 8. The Kier molecular flexibility index (Phi) is 7.07. The third-order valence-corrected chi connectivity index (χ3v) is 6.47. The van der Waals surface area contributed by atoms with E-state index in [4.69, 9.17) is 10.5 Å². The molecule has 1 saturated heterocycles. The molecular formula is C21H25N3O5S. The van der Waals surface area contributed by atoms with Crippen molar-refractivity contribution in [3.05, 3.63) is 60.2 Å². The number of carbonyl (C=O) groups excluding carboxylic acids is 2. The number of benzene rings is 2. The fourth-order valence-electron chi connectivity index (χ4n) is 3.22. The van der Waals surface area contributed by atoms with Crippen LogP contribution in [0.4, 0.5) is 0 Å². The summed E-state index contributed by atoms with van der Waals surface area (Å²) in [5.74, 6) is -0.289. The van der Waals surface area contributed by atoms with Crippen molar-refractivity contribution >= 4 is 21.8 Å². The number of nitrogens with zero attached hydrogens (tertiary/aromatic N) is 1. The fourth-order valence-corrected chi connectivity index (χ4v) is 4.24. The molecule has 1 aliphatic heterocycles. The lowest BCUT2D eigenvalue weighted by molar-refractivity contribution is -0.136. The summed E-state index contributed by atoms with van der Waals surface area (Å²) in [4.78, 5) is 25.2. The summed E-state index contributed by atoms with van der Waals surface area (Å²) in [6, 6.07) is 15.1. The van der Waals surface area contributed by atoms with Gasteiger partial charge in [0.05, 0.1) is 4.90 Å². The highest BCUT2D eigenvalue weighted by molar-refractivity contribution is 7.89. The Morgan fingerprint density at radius 3 is 2.27 bits per heavy atom. The Morgan fingerprint density at radius 1 is 1.03 bits per heavy atom. The molecule has 0 atom stereocenters. The Hall–Kier alpha value is -2.91. The third-order valence-electron chi connectivity index (χ3n) is 5.06. The van der Waals surface area contributed by atoms with Gasteiger partial charge >= 0.3 is 0 Å². The minimum absolute atomic E-state index is 0.116. The maximum Gasteiger partial charge on any atom is 0.260 e. The average molecular weight is 432 g/mol. The molecule has 160 valence electrons. The molecule has 0 saturated carbocycles. The van der Waals surface area contributed by atoms with Crippen LogP contribution in [0.25, 0.3) is 0 Å². The number of primary amides is 1. The number of hydrogen-bond donors (Lipinski definition) is 2. The van der Waals surface area contributed by atoms with E-state index in [0.717, 1.165) is 5.56 Å². The molecule has 1 fully saturated rings. The van der Waals surface area contributed by atoms with Crippen LogP contribution in [0.15, 0.2) is 59.5 Å². The highest BCUT2D eigenvalue weighted by atomic mass is 32.2. The normalized spacial score (nSPS) is 15.0. The fraction of sp³-hybridized carbons (Fsp3) is 0.333. The van der Waals surface area contributed by atoms with Crippen molar-refractivity contribution < 1.29 is 22.7 Å². The van der Waals surface area contributed by atoms with Gasteiger partial charge in [-0.15, -0.1) is 0 Å². The number of nitrogens with two attached hydrogens (primary N) is 1. The van der Waals surface area contributed by atoms with Crippen molar-refractivity contribution in [3.63, 3.8) is 0 Å². The highest BCUT2D eigenvalue weighted by Crippen LogP contribution is 2.19. The van der Waals surface area contributed by atoms with Crippen molar-refractivity contribution in [2.75, 3.05) is 19.7 Å². The van der Waals surface area contributed by atoms with Gasteiger partial charge in [0, 0.05) is 25.6 Å². The quantitative estimate of drug-likeness (QED) is 0.652. The predicted octanol–water partition coefficient (Wildman–Crippen LogP) is 1.27. The van der Waals surface area contributed by atoms with Gasteiger partial charge in [-0.05, 0) is 42.7 Å². The van der Waals surface area contributed by atoms with Crippen LogP contribution in [0.5, 0.6) is 5.75 Å². The van der Waals surface area contributed by atoms with Gasteiger partial charge in [0.25, 0.3) is 5.91 Å². The number of nitrogens with one attached hydrogen (secondary N) is 1. The zero-order valence-corrected chi connectivity index (χ0v) is 17.3. The molecule has 1 aliphatic rings. The van der Waals surface area contributed by atoms with Crippen LogP contribution in [0.1, 0.15) is 18.4 Å². The van der Waals surface area contributed by atoms with Gasteiger partial charge < -0.3 is 15.4 Å². The van der Waals surface area contributed by atoms with Crippen molar-refractivity contribution in [3.8, 4) is 5.75 Å². The monoisotopic (exact) mass is 431 g/mol. The van der Waals surface area contributed by atoms with E-state index in [1.807, 2.05) is 30.3 Å². The van der Waals surface area contributed by atoms with Gasteiger partial charge in [-0.1, -0.05) is 30.3 Å². The molecule has 1 heterocycles. The number of likely N-dealkylation sites (tertiary alicyclic amines) is 1. The second kappa shape index (κ2) is 9.73. The molecule has 0 spiro atoms. The molecule has 0 aromatic heterocycles. The predicted molar refractivity (Wildman–Crippen MR) is 111 cm³/mol. The van der Waals surface area contributed by atoms with E-state index in [1.54, 1.807) is 4.90 Å². The van der Waals surface area contributed by atoms with Crippen molar-refractivity contribution in [1.29, 1.82) is 0 Å². The standard InChI is InChI=1S/C21H25N3O5S/c22-21(26)17-10-12-24(13-11-17)20(25)15-29-18-6-8-19(9-7-18)30(27,28)23-14-16-4-2-1-3-5-16/h1-9,17,23H,10-15H2,(H2,22,26). The van der Waals surface area contributed by atoms with Gasteiger partial charge in [0.2, 0.25) is 15.9 Å². The minimum atomic E-state index is -3.65. The van der Waals surface area contributed by atoms with Crippen LogP contribution in [0.3, 0.4) is 0 Å². The van der Waals surface area contributed by atoms with E-state index in [9.17, 15) is 18.0 Å². The molecule has 0 radical (unpaired) electrons. The van der Waals surface area contributed by atoms with Crippen LogP contribution in [0.2, 0.25) is 0 Å². The van der Waals surface area contributed by atoms with E-state index < -0.39 is 10.0 Å². The number of piperidine rings is 1. The first kappa shape index (κ1) is 21.8. The zero-order chi connectivity index (χ0) is 21.6. The van der Waals surface area contributed by atoms with Crippen LogP contribution < -0.4 is 15.2 Å². The molecule has 2 aromatic carbocycles. The summed E-state index contributed by atoms with van der Waals surface area (Å²) in [5.41, 5.74) is 6.16. The lowest BCUT2D eigenvalue weighted by Gasteiger charge is -2.30. The third kappa shape index (κ3) is 5.80. The molecule has 0 unspecified atom stereocenters. The lowest BCUT2D eigenvalue weighted by atomic mass is 9.96. The smallest absolute Gasteiger partial charge is 0.260 e. The van der Waals surface area contributed by atoms with E-state index in [1.165, 1.54) is 24.3 Å². The summed E-state index contributed by atoms with van der Waals surface area (Å²) in [6.45, 7) is 0.988. The number of ether oxygens (including phenoxy) is 1. The van der Waals surface area contributed by atoms with E-state index in [2.05, 4.69) is 4.72 Å². The molecule has 0 bridgehead atoms. The van der Waals surface area contributed by atoms with Crippen LogP contribution in [-0.2, 0) is 26.2 Å². The molecular weight excluding hydrogens is 406 g/mol. The van der Waals surface area contributed by atoms with E-state index >= 15 is 0 Å². The highest BCUT2D eigenvalue weighted by Gasteiger charge is 2.26. The van der Waals surface area contributed by atoms with Crippen molar-refractivity contribution in [2.45, 2.75) is 24.3 Å². The summed E-state index contributed by atoms with van der Waals surface area (Å²) >= 11 is 0. The average Bonchev–Trinajstić information content (AvgIpc) is 2.77. The van der Waals surface area contributed by atoms with Crippen molar-refractivity contribution in [2.24, 2.45) is 11.7 Å². The summed E-state index contributed by atoms with van der Waals surface area (Å²) in [5, 5.41) is 0. The number of carbonyl (C=O) groups is 2. The Morgan fingerprint density at radius 2 is 1.67 bits per heavy atom. The molecule has 3 N–H and O–H groups in total. The van der Waals surface area contributed by atoms with Gasteiger partial charge in [-0.3, -0.25) is 9.59 Å². The first-order valence-corrected chi connectivity index (χ1v) is 11.2.